The van der Waals surface area contributed by atoms with E-state index in [-0.39, 0.29) is 0 Å². The molecule has 3 rings (SSSR count). The van der Waals surface area contributed by atoms with E-state index in [1.165, 1.54) is 19.4 Å². The Morgan fingerprint density at radius 3 is 3.11 bits per heavy atom. The van der Waals surface area contributed by atoms with E-state index in [1.54, 1.807) is 0 Å². The Morgan fingerprint density at radius 2 is 2.33 bits per heavy atom. The number of halogens is 1. The predicted octanol–water partition coefficient (Wildman–Crippen LogP) is 2.38. The molecule has 3 nitrogen and oxygen atoms in total. The summed E-state index contributed by atoms with van der Waals surface area (Å²) in [5.74, 6) is 0. The lowest BCUT2D eigenvalue weighted by Gasteiger charge is -2.40. The number of nitrogens with zero attached hydrogens (tertiary/aromatic N) is 2. The lowest BCUT2D eigenvalue weighted by atomic mass is 9.83. The molecule has 0 bridgehead atoms. The Kier molecular flexibility index (Phi) is 3.43. The normalized spacial score (nSPS) is 32.4. The first kappa shape index (κ1) is 12.6. The van der Waals surface area contributed by atoms with Gasteiger partial charge in [0.25, 0.3) is 0 Å². The highest BCUT2D eigenvalue weighted by Gasteiger charge is 2.40. The third kappa shape index (κ3) is 2.60. The number of rotatable bonds is 2. The second-order valence-electron chi connectivity index (χ2n) is 5.66. The van der Waals surface area contributed by atoms with Gasteiger partial charge in [-0.2, -0.15) is 0 Å². The van der Waals surface area contributed by atoms with Crippen LogP contribution in [0, 0.1) is 0 Å². The summed E-state index contributed by atoms with van der Waals surface area (Å²) >= 11 is 3.39. The molecule has 2 aliphatic rings. The van der Waals surface area contributed by atoms with Crippen molar-refractivity contribution in [1.82, 2.24) is 9.88 Å². The van der Waals surface area contributed by atoms with Crippen LogP contribution in [0.4, 0.5) is 0 Å². The first-order valence-electron chi connectivity index (χ1n) is 6.72. The molecule has 2 aliphatic heterocycles. The lowest BCUT2D eigenvalue weighted by Crippen LogP contribution is -2.48. The van der Waals surface area contributed by atoms with Gasteiger partial charge in [0.15, 0.2) is 0 Å². The Hall–Kier alpha value is -0.450. The van der Waals surface area contributed by atoms with E-state index in [9.17, 15) is 5.11 Å². The van der Waals surface area contributed by atoms with Gasteiger partial charge in [0.1, 0.15) is 0 Å². The van der Waals surface area contributed by atoms with Gasteiger partial charge in [-0.3, -0.25) is 4.98 Å². The Labute approximate surface area is 116 Å². The number of aromatic nitrogens is 1. The number of hydrogen-bond acceptors (Lipinski definition) is 3. The van der Waals surface area contributed by atoms with E-state index in [0.29, 0.717) is 12.5 Å². The smallest absolute Gasteiger partial charge is 0.0730 e. The summed E-state index contributed by atoms with van der Waals surface area (Å²) in [6.45, 7) is 2.26. The maximum Gasteiger partial charge on any atom is 0.0730 e. The second-order valence-corrected chi connectivity index (χ2v) is 6.57. The van der Waals surface area contributed by atoms with Gasteiger partial charge in [0.05, 0.1) is 5.60 Å². The van der Waals surface area contributed by atoms with Gasteiger partial charge in [-0.25, -0.2) is 0 Å². The molecule has 98 valence electrons. The van der Waals surface area contributed by atoms with Crippen LogP contribution in [0.25, 0.3) is 0 Å². The second kappa shape index (κ2) is 4.91. The maximum absolute atomic E-state index is 10.8. The fraction of sp³-hybridized carbons (Fsp3) is 0.643. The van der Waals surface area contributed by atoms with E-state index < -0.39 is 5.60 Å². The molecule has 1 aromatic heterocycles. The Balaban J connectivity index is 1.69. The van der Waals surface area contributed by atoms with E-state index in [4.69, 9.17) is 0 Å². The number of hydrogen-bond donors (Lipinski definition) is 1. The minimum Gasteiger partial charge on any atom is -0.389 e. The average molecular weight is 311 g/mol. The van der Waals surface area contributed by atoms with Gasteiger partial charge in [0, 0.05) is 35.4 Å². The maximum atomic E-state index is 10.8. The van der Waals surface area contributed by atoms with Crippen LogP contribution >= 0.6 is 15.9 Å². The van der Waals surface area contributed by atoms with E-state index in [0.717, 1.165) is 29.6 Å². The van der Waals surface area contributed by atoms with Gasteiger partial charge in [-0.15, -0.1) is 0 Å². The zero-order valence-electron chi connectivity index (χ0n) is 10.5. The molecule has 18 heavy (non-hydrogen) atoms. The molecule has 0 spiro atoms. The average Bonchev–Trinajstić information content (AvgIpc) is 2.79. The minimum atomic E-state index is -0.549. The largest absolute Gasteiger partial charge is 0.389 e. The fourth-order valence-electron chi connectivity index (χ4n) is 3.32. The van der Waals surface area contributed by atoms with E-state index in [1.807, 2.05) is 18.3 Å². The van der Waals surface area contributed by atoms with E-state index in [2.05, 4.69) is 25.8 Å². The van der Waals surface area contributed by atoms with Crippen LogP contribution in [-0.2, 0) is 6.42 Å². The van der Waals surface area contributed by atoms with Gasteiger partial charge in [-0.1, -0.05) is 0 Å². The highest BCUT2D eigenvalue weighted by molar-refractivity contribution is 9.10. The van der Waals surface area contributed by atoms with Crippen LogP contribution in [0.2, 0.25) is 0 Å². The molecule has 0 saturated carbocycles. The molecule has 0 aromatic carbocycles. The van der Waals surface area contributed by atoms with Crippen molar-refractivity contribution in [3.63, 3.8) is 0 Å². The lowest BCUT2D eigenvalue weighted by molar-refractivity contribution is -0.0360. The van der Waals surface area contributed by atoms with Gasteiger partial charge < -0.3 is 10.0 Å². The highest BCUT2D eigenvalue weighted by Crippen LogP contribution is 2.34. The number of pyridine rings is 1. The van der Waals surface area contributed by atoms with Crippen molar-refractivity contribution < 1.29 is 5.11 Å². The van der Waals surface area contributed by atoms with Crippen molar-refractivity contribution >= 4 is 15.9 Å². The predicted molar refractivity (Wildman–Crippen MR) is 74.4 cm³/mol. The summed E-state index contributed by atoms with van der Waals surface area (Å²) in [6.07, 6.45) is 6.81. The first-order valence-corrected chi connectivity index (χ1v) is 7.51. The molecule has 1 N–H and O–H groups in total. The molecule has 2 fully saturated rings. The molecule has 2 unspecified atom stereocenters. The monoisotopic (exact) mass is 310 g/mol. The standard InChI is InChI=1S/C14H19BrN2O/c15-11-3-4-12(16-10-11)8-14(18)5-7-17-6-1-2-13(17)9-14/h3-4,10,13,18H,1-2,5-9H2. The van der Waals surface area contributed by atoms with Crippen LogP contribution in [0.5, 0.6) is 0 Å². The van der Waals surface area contributed by atoms with Gasteiger partial charge in [-0.05, 0) is 60.3 Å². The molecule has 2 atom stereocenters. The topological polar surface area (TPSA) is 36.4 Å². The molecular weight excluding hydrogens is 292 g/mol. The third-order valence-electron chi connectivity index (χ3n) is 4.28. The number of aliphatic hydroxyl groups is 1. The van der Waals surface area contributed by atoms with Crippen molar-refractivity contribution in [1.29, 1.82) is 0 Å². The molecule has 0 radical (unpaired) electrons. The quantitative estimate of drug-likeness (QED) is 0.911. The van der Waals surface area contributed by atoms with Crippen molar-refractivity contribution in [2.75, 3.05) is 13.1 Å². The van der Waals surface area contributed by atoms with Gasteiger partial charge in [0.2, 0.25) is 0 Å². The SMILES string of the molecule is OC1(Cc2ccc(Br)cn2)CCN2CCCC2C1. The molecule has 0 aliphatic carbocycles. The summed E-state index contributed by atoms with van der Waals surface area (Å²) in [5, 5.41) is 10.8. The molecule has 3 heterocycles. The third-order valence-corrected chi connectivity index (χ3v) is 4.75. The van der Waals surface area contributed by atoms with Crippen molar-refractivity contribution in [3.05, 3.63) is 28.5 Å². The van der Waals surface area contributed by atoms with Crippen molar-refractivity contribution in [2.24, 2.45) is 0 Å². The summed E-state index contributed by atoms with van der Waals surface area (Å²) in [4.78, 5) is 6.91. The van der Waals surface area contributed by atoms with Crippen molar-refractivity contribution in [2.45, 2.75) is 43.7 Å². The molecule has 1 aromatic rings. The van der Waals surface area contributed by atoms with Crippen LogP contribution < -0.4 is 0 Å². The molecular formula is C14H19BrN2O. The van der Waals surface area contributed by atoms with Crippen LogP contribution in [-0.4, -0.2) is 39.7 Å². The summed E-state index contributed by atoms with van der Waals surface area (Å²) in [5.41, 5.74) is 0.443. The fourth-order valence-corrected chi connectivity index (χ4v) is 3.56. The molecule has 0 amide bonds. The van der Waals surface area contributed by atoms with Crippen LogP contribution in [0.3, 0.4) is 0 Å². The van der Waals surface area contributed by atoms with Gasteiger partial charge >= 0.3 is 0 Å². The van der Waals surface area contributed by atoms with Crippen molar-refractivity contribution in [3.8, 4) is 0 Å². The number of fused-ring (bicyclic) bond motifs is 1. The summed E-state index contributed by atoms with van der Waals surface area (Å²) in [7, 11) is 0. The Bertz CT molecular complexity index is 422. The summed E-state index contributed by atoms with van der Waals surface area (Å²) in [6, 6.07) is 4.60. The van der Waals surface area contributed by atoms with Crippen LogP contribution in [0.15, 0.2) is 22.8 Å². The van der Waals surface area contributed by atoms with Crippen LogP contribution in [0.1, 0.15) is 31.4 Å². The first-order chi connectivity index (χ1) is 8.65. The Morgan fingerprint density at radius 1 is 1.44 bits per heavy atom. The molecule has 2 saturated heterocycles. The molecule has 4 heteroatoms. The number of piperidine rings is 1. The zero-order chi connectivity index (χ0) is 12.6. The van der Waals surface area contributed by atoms with E-state index >= 15 is 0 Å². The zero-order valence-corrected chi connectivity index (χ0v) is 12.1. The minimum absolute atomic E-state index is 0.549. The summed E-state index contributed by atoms with van der Waals surface area (Å²) < 4.78 is 0.990. The highest BCUT2D eigenvalue weighted by atomic mass is 79.9.